The number of rotatable bonds is 8. The van der Waals surface area contributed by atoms with Gasteiger partial charge < -0.3 is 4.74 Å². The lowest BCUT2D eigenvalue weighted by atomic mass is 10.0. The van der Waals surface area contributed by atoms with E-state index in [0.29, 0.717) is 22.5 Å². The van der Waals surface area contributed by atoms with E-state index in [0.717, 1.165) is 12.1 Å². The molecule has 3 aromatic rings. The van der Waals surface area contributed by atoms with Crippen LogP contribution < -0.4 is 15.9 Å². The normalized spacial score (nSPS) is 16.5. The van der Waals surface area contributed by atoms with Crippen LogP contribution in [0.3, 0.4) is 0 Å². The fourth-order valence-electron chi connectivity index (χ4n) is 3.60. The molecule has 0 aliphatic carbocycles. The lowest BCUT2D eigenvalue weighted by Crippen LogP contribution is -2.35. The zero-order valence-corrected chi connectivity index (χ0v) is 20.6. The van der Waals surface area contributed by atoms with Crippen molar-refractivity contribution >= 4 is 44.8 Å². The van der Waals surface area contributed by atoms with E-state index in [-0.39, 0.29) is 22.9 Å². The zero-order chi connectivity index (χ0) is 27.4. The Morgan fingerprint density at radius 2 is 1.74 bits per heavy atom. The van der Waals surface area contributed by atoms with Gasteiger partial charge >= 0.3 is 5.97 Å². The topological polar surface area (TPSA) is 181 Å². The van der Waals surface area contributed by atoms with E-state index in [1.807, 2.05) is 0 Å². The molecular formula is C24H21N5O8S. The van der Waals surface area contributed by atoms with Crippen molar-refractivity contribution in [1.82, 2.24) is 5.43 Å². The summed E-state index contributed by atoms with van der Waals surface area (Å²) in [5, 5.41) is 16.5. The summed E-state index contributed by atoms with van der Waals surface area (Å²) in [4.78, 5) is 35.5. The number of nitro groups is 1. The molecule has 38 heavy (non-hydrogen) atoms. The quantitative estimate of drug-likeness (QED) is 0.167. The lowest BCUT2D eigenvalue weighted by molar-refractivity contribution is -0.384. The number of benzene rings is 3. The number of nitrogens with zero attached hydrogens (tertiary/aromatic N) is 3. The van der Waals surface area contributed by atoms with Gasteiger partial charge in [0, 0.05) is 12.1 Å². The van der Waals surface area contributed by atoms with Gasteiger partial charge in [-0.05, 0) is 61.0 Å². The number of hydrazone groups is 1. The fourth-order valence-corrected chi connectivity index (χ4v) is 4.08. The summed E-state index contributed by atoms with van der Waals surface area (Å²) >= 11 is 0. The summed E-state index contributed by atoms with van der Waals surface area (Å²) in [6.45, 7) is 1.91. The van der Waals surface area contributed by atoms with Crippen molar-refractivity contribution in [3.8, 4) is 0 Å². The Morgan fingerprint density at radius 3 is 2.29 bits per heavy atom. The first kappa shape index (κ1) is 26.4. The van der Waals surface area contributed by atoms with Gasteiger partial charge in [-0.2, -0.15) is 13.5 Å². The van der Waals surface area contributed by atoms with E-state index in [9.17, 15) is 28.1 Å². The molecule has 0 radical (unpaired) electrons. The zero-order valence-electron chi connectivity index (χ0n) is 19.8. The van der Waals surface area contributed by atoms with Crippen LogP contribution in [0.15, 0.2) is 82.8 Å². The minimum absolute atomic E-state index is 0.00665. The Bertz CT molecular complexity index is 1500. The third-order valence-electron chi connectivity index (χ3n) is 5.49. The molecule has 0 spiro atoms. The Hall–Kier alpha value is -4.66. The summed E-state index contributed by atoms with van der Waals surface area (Å²) in [6, 6.07) is 15.9. The van der Waals surface area contributed by atoms with Crippen LogP contribution in [0, 0.1) is 10.1 Å². The number of esters is 1. The average molecular weight is 540 g/mol. The van der Waals surface area contributed by atoms with E-state index < -0.39 is 33.0 Å². The third-order valence-corrected chi connectivity index (χ3v) is 6.35. The Morgan fingerprint density at radius 1 is 1.11 bits per heavy atom. The van der Waals surface area contributed by atoms with Crippen LogP contribution in [0.1, 0.15) is 28.9 Å². The molecule has 1 atom stereocenters. The van der Waals surface area contributed by atoms with Crippen LogP contribution in [-0.2, 0) is 19.6 Å². The van der Waals surface area contributed by atoms with Crippen molar-refractivity contribution in [2.75, 3.05) is 17.0 Å². The second-order valence-electron chi connectivity index (χ2n) is 7.93. The number of carbonyl (C=O) groups excluding carboxylic acids is 2. The molecule has 4 rings (SSSR count). The van der Waals surface area contributed by atoms with Crippen molar-refractivity contribution in [1.29, 1.82) is 0 Å². The number of ether oxygens (including phenoxy) is 1. The van der Waals surface area contributed by atoms with Crippen LogP contribution in [0.25, 0.3) is 0 Å². The number of amides is 1. The summed E-state index contributed by atoms with van der Waals surface area (Å²) in [6.07, 6.45) is 0. The number of anilines is 2. The minimum atomic E-state index is -4.37. The van der Waals surface area contributed by atoms with Crippen LogP contribution in [0.2, 0.25) is 0 Å². The van der Waals surface area contributed by atoms with Crippen molar-refractivity contribution in [2.45, 2.75) is 17.9 Å². The maximum absolute atomic E-state index is 13.4. The number of carbonyl (C=O) groups is 2. The van der Waals surface area contributed by atoms with E-state index in [2.05, 4.69) is 16.0 Å². The molecule has 0 saturated carbocycles. The molecule has 1 unspecified atom stereocenters. The standard InChI is InChI=1S/C24H21N5O8S/c1-2-37-24(31)16-5-9-18(10-6-16)28-23(30)22(21(27-28)15-3-11-19(12-4-15)29(32)33)26-25-17-7-13-20(14-8-17)38(34,35)36/h3-14,21,25,27H,2H2,1H3,(H,34,35,36)/b26-22-. The molecule has 0 bridgehead atoms. The van der Waals surface area contributed by atoms with Gasteiger partial charge in [0.05, 0.1) is 33.4 Å². The number of hydrogen-bond donors (Lipinski definition) is 3. The summed E-state index contributed by atoms with van der Waals surface area (Å²) in [5.41, 5.74) is 7.14. The molecule has 1 saturated heterocycles. The van der Waals surface area contributed by atoms with Crippen LogP contribution >= 0.6 is 0 Å². The second kappa shape index (κ2) is 10.8. The van der Waals surface area contributed by atoms with Crippen molar-refractivity contribution in [2.24, 2.45) is 5.10 Å². The SMILES string of the molecule is CCOC(=O)c1ccc(N2NC(c3ccc([N+](=O)[O-])cc3)/C(=N/Nc3ccc(S(=O)(=O)O)cc3)C2=O)cc1. The molecule has 0 aromatic heterocycles. The molecule has 1 fully saturated rings. The van der Waals surface area contributed by atoms with Gasteiger partial charge in [-0.15, -0.1) is 0 Å². The highest BCUT2D eigenvalue weighted by Crippen LogP contribution is 2.28. The summed E-state index contributed by atoms with van der Waals surface area (Å²) in [7, 11) is -4.37. The van der Waals surface area contributed by atoms with E-state index in [4.69, 9.17) is 9.29 Å². The second-order valence-corrected chi connectivity index (χ2v) is 9.35. The average Bonchev–Trinajstić information content (AvgIpc) is 3.23. The molecule has 3 N–H and O–H groups in total. The Balaban J connectivity index is 1.65. The molecule has 14 heteroatoms. The lowest BCUT2D eigenvalue weighted by Gasteiger charge is -2.17. The largest absolute Gasteiger partial charge is 0.462 e. The number of hydrazine groups is 1. The van der Waals surface area contributed by atoms with Crippen LogP contribution in [0.5, 0.6) is 0 Å². The Labute approximate surface area is 216 Å². The van der Waals surface area contributed by atoms with E-state index >= 15 is 0 Å². The molecule has 1 aliphatic rings. The molecule has 1 heterocycles. The van der Waals surface area contributed by atoms with Crippen molar-refractivity contribution in [3.63, 3.8) is 0 Å². The van der Waals surface area contributed by atoms with E-state index in [1.165, 1.54) is 53.5 Å². The monoisotopic (exact) mass is 539 g/mol. The van der Waals surface area contributed by atoms with Crippen LogP contribution in [0.4, 0.5) is 17.1 Å². The predicted octanol–water partition coefficient (Wildman–Crippen LogP) is 3.08. The smallest absolute Gasteiger partial charge is 0.338 e. The number of nitrogens with one attached hydrogen (secondary N) is 2. The van der Waals surface area contributed by atoms with Gasteiger partial charge in [0.1, 0.15) is 6.04 Å². The first-order chi connectivity index (χ1) is 18.1. The fraction of sp³-hybridized carbons (Fsp3) is 0.125. The maximum Gasteiger partial charge on any atom is 0.338 e. The van der Waals surface area contributed by atoms with Gasteiger partial charge in [-0.25, -0.2) is 15.2 Å². The molecule has 13 nitrogen and oxygen atoms in total. The molecule has 3 aromatic carbocycles. The predicted molar refractivity (Wildman–Crippen MR) is 136 cm³/mol. The summed E-state index contributed by atoms with van der Waals surface area (Å²) < 4.78 is 36.6. The summed E-state index contributed by atoms with van der Waals surface area (Å²) in [5.74, 6) is -1.05. The maximum atomic E-state index is 13.4. The highest BCUT2D eigenvalue weighted by Gasteiger charge is 2.39. The highest BCUT2D eigenvalue weighted by atomic mass is 32.2. The Kier molecular flexibility index (Phi) is 7.47. The third kappa shape index (κ3) is 5.67. The minimum Gasteiger partial charge on any atom is -0.462 e. The number of nitro benzene ring substituents is 1. The van der Waals surface area contributed by atoms with Crippen molar-refractivity contribution in [3.05, 3.63) is 94.0 Å². The van der Waals surface area contributed by atoms with Gasteiger partial charge in [-0.1, -0.05) is 12.1 Å². The van der Waals surface area contributed by atoms with Gasteiger partial charge in [0.25, 0.3) is 21.7 Å². The van der Waals surface area contributed by atoms with Crippen LogP contribution in [-0.4, -0.2) is 42.1 Å². The van der Waals surface area contributed by atoms with E-state index in [1.54, 1.807) is 19.1 Å². The number of hydrogen-bond acceptors (Lipinski definition) is 10. The molecule has 196 valence electrons. The first-order valence-corrected chi connectivity index (χ1v) is 12.6. The van der Waals surface area contributed by atoms with Gasteiger partial charge in [0.15, 0.2) is 5.71 Å². The molecule has 1 aliphatic heterocycles. The van der Waals surface area contributed by atoms with Gasteiger partial charge in [0.2, 0.25) is 0 Å². The first-order valence-electron chi connectivity index (χ1n) is 11.1. The van der Waals surface area contributed by atoms with Gasteiger partial charge in [-0.3, -0.25) is 24.9 Å². The van der Waals surface area contributed by atoms with Crippen molar-refractivity contribution < 1.29 is 32.2 Å². The number of non-ortho nitro benzene ring substituents is 1. The molecular weight excluding hydrogens is 518 g/mol. The highest BCUT2D eigenvalue weighted by molar-refractivity contribution is 7.85. The molecule has 1 amide bonds.